The molecule has 0 unspecified atom stereocenters. The van der Waals surface area contributed by atoms with E-state index in [1.54, 1.807) is 0 Å². The van der Waals surface area contributed by atoms with E-state index in [9.17, 15) is 21.6 Å². The van der Waals surface area contributed by atoms with Gasteiger partial charge in [-0.3, -0.25) is 4.72 Å². The molecular weight excluding hydrogens is 333 g/mol. The highest BCUT2D eigenvalue weighted by Crippen LogP contribution is 2.36. The number of halogens is 4. The van der Waals surface area contributed by atoms with Gasteiger partial charge in [-0.2, -0.15) is 13.2 Å². The number of sulfonamides is 1. The normalized spacial score (nSPS) is 12.4. The van der Waals surface area contributed by atoms with Crippen LogP contribution in [-0.2, 0) is 16.2 Å². The van der Waals surface area contributed by atoms with E-state index in [2.05, 4.69) is 14.4 Å². The van der Waals surface area contributed by atoms with Crippen LogP contribution in [0.2, 0.25) is 5.02 Å². The highest BCUT2D eigenvalue weighted by molar-refractivity contribution is 7.92. The van der Waals surface area contributed by atoms with Gasteiger partial charge in [-0.1, -0.05) is 16.8 Å². The van der Waals surface area contributed by atoms with Crippen LogP contribution < -0.4 is 4.72 Å². The summed E-state index contributed by atoms with van der Waals surface area (Å²) in [4.78, 5) is -0.570. The van der Waals surface area contributed by atoms with E-state index < -0.39 is 31.7 Å². The molecule has 1 heterocycles. The van der Waals surface area contributed by atoms with Crippen molar-refractivity contribution in [3.63, 3.8) is 0 Å². The van der Waals surface area contributed by atoms with Crippen LogP contribution in [0.25, 0.3) is 0 Å². The van der Waals surface area contributed by atoms with Crippen molar-refractivity contribution in [1.82, 2.24) is 5.16 Å². The van der Waals surface area contributed by atoms with Crippen molar-refractivity contribution in [2.75, 3.05) is 4.72 Å². The highest BCUT2D eigenvalue weighted by Gasteiger charge is 2.34. The lowest BCUT2D eigenvalue weighted by Crippen LogP contribution is -2.15. The summed E-state index contributed by atoms with van der Waals surface area (Å²) in [5.74, 6) is 0.184. The van der Waals surface area contributed by atoms with Gasteiger partial charge >= 0.3 is 6.18 Å². The average molecular weight is 341 g/mol. The number of aryl methyl sites for hydroxylation is 1. The zero-order valence-electron chi connectivity index (χ0n) is 10.4. The van der Waals surface area contributed by atoms with E-state index in [0.717, 1.165) is 18.3 Å². The number of hydrogen-bond donors (Lipinski definition) is 1. The Morgan fingerprint density at radius 3 is 2.52 bits per heavy atom. The maximum Gasteiger partial charge on any atom is 0.417 e. The third-order valence-electron chi connectivity index (χ3n) is 2.55. The summed E-state index contributed by atoms with van der Waals surface area (Å²) >= 11 is 5.44. The molecule has 5 nitrogen and oxygen atoms in total. The number of nitrogens with zero attached hydrogens (tertiary/aromatic N) is 1. The minimum absolute atomic E-state index is 0.0403. The van der Waals surface area contributed by atoms with Gasteiger partial charge in [0, 0.05) is 0 Å². The van der Waals surface area contributed by atoms with Gasteiger partial charge in [0.2, 0.25) is 0 Å². The minimum Gasteiger partial charge on any atom is -0.359 e. The van der Waals surface area contributed by atoms with E-state index in [1.165, 1.54) is 6.92 Å². The summed E-state index contributed by atoms with van der Waals surface area (Å²) in [6.45, 7) is 1.45. The van der Waals surface area contributed by atoms with E-state index in [1.807, 2.05) is 0 Å². The van der Waals surface area contributed by atoms with Gasteiger partial charge < -0.3 is 4.52 Å². The summed E-state index contributed by atoms with van der Waals surface area (Å²) in [6, 6.07) is 2.32. The molecule has 0 aliphatic heterocycles. The maximum atomic E-state index is 12.7. The van der Waals surface area contributed by atoms with Crippen LogP contribution in [0.1, 0.15) is 11.3 Å². The molecule has 10 heteroatoms. The summed E-state index contributed by atoms with van der Waals surface area (Å²) in [5, 5.41) is 2.79. The quantitative estimate of drug-likeness (QED) is 0.928. The minimum atomic E-state index is -4.75. The van der Waals surface area contributed by atoms with E-state index >= 15 is 0 Å². The largest absolute Gasteiger partial charge is 0.417 e. The standard InChI is InChI=1S/C11H8ClF3N2O3S/c1-6-10(5-16-20-6)17-21(18,19)7-2-3-9(12)8(4-7)11(13,14)15/h2-5,17H,1H3. The molecular formula is C11H8ClF3N2O3S. The Hall–Kier alpha value is -1.74. The molecule has 2 rings (SSSR count). The van der Waals surface area contributed by atoms with Crippen molar-refractivity contribution in [2.24, 2.45) is 0 Å². The molecule has 21 heavy (non-hydrogen) atoms. The highest BCUT2D eigenvalue weighted by atomic mass is 35.5. The summed E-state index contributed by atoms with van der Waals surface area (Å²) in [6.07, 6.45) is -3.65. The third kappa shape index (κ3) is 3.30. The van der Waals surface area contributed by atoms with Crippen molar-refractivity contribution < 1.29 is 26.1 Å². The number of benzene rings is 1. The number of nitrogens with one attached hydrogen (secondary N) is 1. The lowest BCUT2D eigenvalue weighted by Gasteiger charge is -2.12. The third-order valence-corrected chi connectivity index (χ3v) is 4.24. The zero-order valence-corrected chi connectivity index (χ0v) is 12.0. The van der Waals surface area contributed by atoms with Gasteiger partial charge in [-0.25, -0.2) is 8.42 Å². The van der Waals surface area contributed by atoms with Gasteiger partial charge in [0.1, 0.15) is 5.69 Å². The second-order valence-electron chi connectivity index (χ2n) is 4.04. The smallest absolute Gasteiger partial charge is 0.359 e. The van der Waals surface area contributed by atoms with E-state index in [-0.39, 0.29) is 11.4 Å². The molecule has 1 N–H and O–H groups in total. The summed E-state index contributed by atoms with van der Waals surface area (Å²) in [7, 11) is -4.21. The van der Waals surface area contributed by atoms with Crippen molar-refractivity contribution >= 4 is 27.3 Å². The molecule has 0 fully saturated rings. The van der Waals surface area contributed by atoms with Gasteiger partial charge in [0.05, 0.1) is 21.7 Å². The fourth-order valence-electron chi connectivity index (χ4n) is 1.49. The monoisotopic (exact) mass is 340 g/mol. The Kier molecular flexibility index (Phi) is 3.89. The van der Waals surface area contributed by atoms with Crippen molar-refractivity contribution in [3.8, 4) is 0 Å². The van der Waals surface area contributed by atoms with Crippen molar-refractivity contribution in [2.45, 2.75) is 18.0 Å². The molecule has 2 aromatic rings. The van der Waals surface area contributed by atoms with Crippen molar-refractivity contribution in [3.05, 3.63) is 40.7 Å². The first kappa shape index (κ1) is 15.6. The maximum absolute atomic E-state index is 12.7. The number of aromatic nitrogens is 1. The van der Waals surface area contributed by atoms with Crippen LogP contribution in [-0.4, -0.2) is 13.6 Å². The first-order valence-corrected chi connectivity index (χ1v) is 7.28. The second kappa shape index (κ2) is 5.23. The fraction of sp³-hybridized carbons (Fsp3) is 0.182. The number of hydrogen-bond acceptors (Lipinski definition) is 4. The Morgan fingerprint density at radius 2 is 2.00 bits per heavy atom. The molecule has 0 aliphatic carbocycles. The Labute approximate surface area is 122 Å². The summed E-state index contributed by atoms with van der Waals surface area (Å²) < 4.78 is 69.1. The Morgan fingerprint density at radius 1 is 1.33 bits per heavy atom. The lowest BCUT2D eigenvalue weighted by atomic mass is 10.2. The Balaban J connectivity index is 2.44. The predicted molar refractivity (Wildman–Crippen MR) is 68.5 cm³/mol. The molecule has 0 amide bonds. The first-order valence-electron chi connectivity index (χ1n) is 5.42. The molecule has 114 valence electrons. The van der Waals surface area contributed by atoms with Crippen LogP contribution in [0.5, 0.6) is 0 Å². The molecule has 0 saturated carbocycles. The van der Waals surface area contributed by atoms with Crippen LogP contribution >= 0.6 is 11.6 Å². The number of anilines is 1. The van der Waals surface area contributed by atoms with Gasteiger partial charge in [-0.05, 0) is 25.1 Å². The number of rotatable bonds is 3. The van der Waals surface area contributed by atoms with Crippen LogP contribution in [0.15, 0.2) is 33.8 Å². The second-order valence-corrected chi connectivity index (χ2v) is 6.13. The molecule has 0 spiro atoms. The number of alkyl halides is 3. The molecule has 0 aliphatic rings. The van der Waals surface area contributed by atoms with Gasteiger partial charge in [0.15, 0.2) is 5.76 Å². The Bertz CT molecular complexity index is 771. The van der Waals surface area contributed by atoms with E-state index in [0.29, 0.717) is 6.07 Å². The molecule has 0 radical (unpaired) electrons. The van der Waals surface area contributed by atoms with E-state index in [4.69, 9.17) is 11.6 Å². The zero-order chi connectivity index (χ0) is 15.8. The average Bonchev–Trinajstić information content (AvgIpc) is 2.73. The SMILES string of the molecule is Cc1oncc1NS(=O)(=O)c1ccc(Cl)c(C(F)(F)F)c1. The van der Waals surface area contributed by atoms with Crippen LogP contribution in [0.4, 0.5) is 18.9 Å². The van der Waals surface area contributed by atoms with Crippen LogP contribution in [0, 0.1) is 6.92 Å². The molecule has 0 atom stereocenters. The molecule has 1 aromatic carbocycles. The van der Waals surface area contributed by atoms with Crippen molar-refractivity contribution in [1.29, 1.82) is 0 Å². The first-order chi connectivity index (χ1) is 9.61. The lowest BCUT2D eigenvalue weighted by molar-refractivity contribution is -0.137. The van der Waals surface area contributed by atoms with Crippen LogP contribution in [0.3, 0.4) is 0 Å². The molecule has 1 aromatic heterocycles. The van der Waals surface area contributed by atoms with Gasteiger partial charge in [0.25, 0.3) is 10.0 Å². The summed E-state index contributed by atoms with van der Waals surface area (Å²) in [5.41, 5.74) is -1.19. The van der Waals surface area contributed by atoms with Gasteiger partial charge in [-0.15, -0.1) is 0 Å². The predicted octanol–water partition coefficient (Wildman–Crippen LogP) is 3.46. The molecule has 0 saturated heterocycles. The fourth-order valence-corrected chi connectivity index (χ4v) is 2.84. The molecule has 0 bridgehead atoms. The topological polar surface area (TPSA) is 72.2 Å².